The van der Waals surface area contributed by atoms with Crippen LogP contribution in [0.2, 0.25) is 10.6 Å². The Morgan fingerprint density at radius 3 is 2.24 bits per heavy atom. The molecule has 1 aliphatic rings. The standard InChI is InChI=1S/C22H26ClN5O4.C13H11ClN4/c1-13-11-24-18(23)26-17(13)27(19(29)31-21(2,3)4)15-8-9-16-14(10-15)12-25-28(16)20(30)32-22(5,6)7;1-8-5-16-13(14)18-12(8)17-11-3-2-9-6-15-7-10(9)4-11/h8-12H,1-7H3;2-5,7H,6H2,1H3,(H,16,17,18). The number of rotatable bonds is 4. The molecule has 2 aromatic carbocycles. The number of anilines is 4. The van der Waals surface area contributed by atoms with Crippen LogP contribution in [0.15, 0.2) is 60.0 Å². The number of halogens is 2. The number of carbonyl (C=O) groups excluding carboxylic acids is 2. The molecule has 260 valence electrons. The maximum atomic E-state index is 13.1. The topological polar surface area (TPSA) is 150 Å². The van der Waals surface area contributed by atoms with Crippen molar-refractivity contribution in [3.63, 3.8) is 0 Å². The highest BCUT2D eigenvalue weighted by Gasteiger charge is 2.28. The van der Waals surface area contributed by atoms with Crippen LogP contribution in [0.25, 0.3) is 10.9 Å². The third-order valence-corrected chi connectivity index (χ3v) is 7.29. The molecule has 50 heavy (non-hydrogen) atoms. The number of fused-ring (bicyclic) bond motifs is 2. The number of aryl methyl sites for hydroxylation is 2. The van der Waals surface area contributed by atoms with Gasteiger partial charge in [-0.05, 0) is 120 Å². The lowest BCUT2D eigenvalue weighted by atomic mass is 10.1. The molecule has 1 aliphatic heterocycles. The largest absolute Gasteiger partial charge is 0.443 e. The molecule has 0 unspecified atom stereocenters. The van der Waals surface area contributed by atoms with Gasteiger partial charge in [-0.2, -0.15) is 14.8 Å². The van der Waals surface area contributed by atoms with Crippen LogP contribution in [0, 0.1) is 13.8 Å². The van der Waals surface area contributed by atoms with Gasteiger partial charge >= 0.3 is 12.2 Å². The molecule has 0 spiro atoms. The van der Waals surface area contributed by atoms with Gasteiger partial charge in [0, 0.05) is 40.8 Å². The summed E-state index contributed by atoms with van der Waals surface area (Å²) in [5.74, 6) is 1.02. The molecule has 4 heterocycles. The van der Waals surface area contributed by atoms with Crippen molar-refractivity contribution in [1.29, 1.82) is 0 Å². The van der Waals surface area contributed by atoms with Crippen LogP contribution in [0.3, 0.4) is 0 Å². The molecule has 1 N–H and O–H groups in total. The van der Waals surface area contributed by atoms with Crippen LogP contribution < -0.4 is 10.2 Å². The van der Waals surface area contributed by atoms with E-state index >= 15 is 0 Å². The van der Waals surface area contributed by atoms with E-state index in [4.69, 9.17) is 32.7 Å². The zero-order chi connectivity index (χ0) is 36.4. The first-order valence-electron chi connectivity index (χ1n) is 15.6. The maximum absolute atomic E-state index is 13.1. The normalized spacial score (nSPS) is 12.2. The Kier molecular flexibility index (Phi) is 10.4. The fraction of sp³-hybridized carbons (Fsp3) is 0.314. The number of hydrogen-bond acceptors (Lipinski definition) is 11. The van der Waals surface area contributed by atoms with Crippen molar-refractivity contribution in [3.05, 3.63) is 87.8 Å². The van der Waals surface area contributed by atoms with Crippen molar-refractivity contribution in [3.8, 4) is 0 Å². The molecular weight excluding hydrogens is 681 g/mol. The summed E-state index contributed by atoms with van der Waals surface area (Å²) >= 11 is 11.8. The summed E-state index contributed by atoms with van der Waals surface area (Å²) in [6.45, 7) is 15.1. The Balaban J connectivity index is 0.000000226. The van der Waals surface area contributed by atoms with Crippen LogP contribution in [-0.4, -0.2) is 59.3 Å². The molecule has 0 aliphatic carbocycles. The molecule has 6 rings (SSSR count). The Morgan fingerprint density at radius 2 is 1.54 bits per heavy atom. The minimum absolute atomic E-state index is 0.00187. The molecule has 0 atom stereocenters. The highest BCUT2D eigenvalue weighted by atomic mass is 35.5. The first-order valence-corrected chi connectivity index (χ1v) is 16.4. The number of nitrogens with zero attached hydrogens (tertiary/aromatic N) is 8. The maximum Gasteiger partial charge on any atom is 0.435 e. The molecule has 15 heteroatoms. The smallest absolute Gasteiger partial charge is 0.435 e. The van der Waals surface area contributed by atoms with Gasteiger partial charge in [0.1, 0.15) is 17.0 Å². The average molecular weight is 719 g/mol. The van der Waals surface area contributed by atoms with Gasteiger partial charge in [0.25, 0.3) is 0 Å². The summed E-state index contributed by atoms with van der Waals surface area (Å²) < 4.78 is 12.2. The van der Waals surface area contributed by atoms with E-state index in [1.807, 2.05) is 19.2 Å². The van der Waals surface area contributed by atoms with E-state index in [9.17, 15) is 9.59 Å². The van der Waals surface area contributed by atoms with Gasteiger partial charge in [0.05, 0.1) is 23.9 Å². The van der Waals surface area contributed by atoms with Gasteiger partial charge < -0.3 is 14.8 Å². The minimum atomic E-state index is -0.730. The number of amides is 1. The fourth-order valence-corrected chi connectivity index (χ4v) is 5.00. The van der Waals surface area contributed by atoms with Gasteiger partial charge in [0.2, 0.25) is 10.6 Å². The van der Waals surface area contributed by atoms with E-state index in [-0.39, 0.29) is 16.4 Å². The number of carbonyl (C=O) groups is 2. The van der Waals surface area contributed by atoms with Crippen molar-refractivity contribution >= 4 is 75.5 Å². The number of aliphatic imine (C=N–C) groups is 1. The summed E-state index contributed by atoms with van der Waals surface area (Å²) in [5.41, 5.74) is 4.56. The van der Waals surface area contributed by atoms with Crippen molar-refractivity contribution in [2.75, 3.05) is 10.2 Å². The summed E-state index contributed by atoms with van der Waals surface area (Å²) in [6.07, 6.45) is 5.42. The average Bonchev–Trinajstić information content (AvgIpc) is 3.66. The van der Waals surface area contributed by atoms with Crippen LogP contribution in [0.4, 0.5) is 32.6 Å². The van der Waals surface area contributed by atoms with E-state index in [0.29, 0.717) is 22.2 Å². The number of hydrogen-bond donors (Lipinski definition) is 1. The van der Waals surface area contributed by atoms with Crippen LogP contribution in [0.5, 0.6) is 0 Å². The van der Waals surface area contributed by atoms with Gasteiger partial charge in [0.15, 0.2) is 5.82 Å². The first kappa shape index (κ1) is 36.1. The summed E-state index contributed by atoms with van der Waals surface area (Å²) in [5, 5.41) is 8.26. The van der Waals surface area contributed by atoms with E-state index in [1.165, 1.54) is 27.5 Å². The number of ether oxygens (including phenoxy) is 2. The van der Waals surface area contributed by atoms with E-state index in [2.05, 4.69) is 47.5 Å². The Morgan fingerprint density at radius 1 is 0.860 bits per heavy atom. The van der Waals surface area contributed by atoms with Gasteiger partial charge in [-0.3, -0.25) is 4.99 Å². The van der Waals surface area contributed by atoms with Gasteiger partial charge in [-0.25, -0.2) is 29.4 Å². The molecule has 1 amide bonds. The number of aromatic nitrogens is 6. The third kappa shape index (κ3) is 8.90. The van der Waals surface area contributed by atoms with Crippen molar-refractivity contribution < 1.29 is 19.1 Å². The number of benzene rings is 2. The third-order valence-electron chi connectivity index (χ3n) is 6.92. The molecule has 13 nitrogen and oxygen atoms in total. The van der Waals surface area contributed by atoms with E-state index in [0.717, 1.165) is 29.2 Å². The molecular formula is C35H37Cl2N9O4. The summed E-state index contributed by atoms with van der Waals surface area (Å²) in [7, 11) is 0. The van der Waals surface area contributed by atoms with E-state index < -0.39 is 23.4 Å². The lowest BCUT2D eigenvalue weighted by Crippen LogP contribution is -2.34. The quantitative estimate of drug-likeness (QED) is 0.179. The Labute approximate surface area is 299 Å². The first-order chi connectivity index (χ1) is 23.5. The lowest BCUT2D eigenvalue weighted by Gasteiger charge is -2.27. The van der Waals surface area contributed by atoms with Crippen molar-refractivity contribution in [2.45, 2.75) is 73.1 Å². The van der Waals surface area contributed by atoms with Crippen LogP contribution >= 0.6 is 23.2 Å². The summed E-state index contributed by atoms with van der Waals surface area (Å²) in [6, 6.07) is 11.2. The molecule has 0 saturated heterocycles. The summed E-state index contributed by atoms with van der Waals surface area (Å²) in [4.78, 5) is 47.5. The second-order valence-electron chi connectivity index (χ2n) is 13.4. The zero-order valence-corrected chi connectivity index (χ0v) is 30.5. The Bertz CT molecular complexity index is 2100. The molecule has 3 aromatic heterocycles. The highest BCUT2D eigenvalue weighted by molar-refractivity contribution is 6.28. The zero-order valence-electron chi connectivity index (χ0n) is 28.9. The molecule has 0 saturated carbocycles. The SMILES string of the molecule is Cc1cnc(Cl)nc1N(C(=O)OC(C)(C)C)c1ccc2c(cnn2C(=O)OC(C)(C)C)c1.Cc1cnc(Cl)nc1Nc1ccc2c(c1)C=NC2. The van der Waals surface area contributed by atoms with Crippen molar-refractivity contribution in [2.24, 2.45) is 4.99 Å². The Hall–Kier alpha value is -5.14. The highest BCUT2D eigenvalue weighted by Crippen LogP contribution is 2.32. The predicted molar refractivity (Wildman–Crippen MR) is 194 cm³/mol. The minimum Gasteiger partial charge on any atom is -0.443 e. The van der Waals surface area contributed by atoms with Gasteiger partial charge in [-0.15, -0.1) is 0 Å². The molecule has 0 bridgehead atoms. The molecule has 0 radical (unpaired) electrons. The number of nitrogens with one attached hydrogen (secondary N) is 1. The van der Waals surface area contributed by atoms with Crippen LogP contribution in [0.1, 0.15) is 63.8 Å². The monoisotopic (exact) mass is 717 g/mol. The second kappa shape index (κ2) is 14.4. The van der Waals surface area contributed by atoms with Crippen LogP contribution in [-0.2, 0) is 16.0 Å². The lowest BCUT2D eigenvalue weighted by molar-refractivity contribution is 0.0521. The second-order valence-corrected chi connectivity index (χ2v) is 14.1. The van der Waals surface area contributed by atoms with E-state index in [1.54, 1.807) is 72.9 Å². The molecule has 5 aromatic rings. The predicted octanol–water partition coefficient (Wildman–Crippen LogP) is 8.76. The van der Waals surface area contributed by atoms with Crippen molar-refractivity contribution in [1.82, 2.24) is 29.7 Å². The van der Waals surface area contributed by atoms with Gasteiger partial charge in [-0.1, -0.05) is 6.07 Å². The fourth-order valence-electron chi connectivity index (χ4n) is 4.73. The molecule has 0 fully saturated rings.